The fourth-order valence-corrected chi connectivity index (χ4v) is 2.20. The summed E-state index contributed by atoms with van der Waals surface area (Å²) in [6, 6.07) is 10.3. The van der Waals surface area contributed by atoms with Crippen LogP contribution in [-0.2, 0) is 13.1 Å². The standard InChI is InChI=1S/C14H16N6/c1-3-20-14-12(17-18-20)13(15-10-16-14)19(2)9-11-7-5-4-6-8-11/h4-8,10H,3,9H2,1-2H3. The molecule has 2 heterocycles. The second-order valence-corrected chi connectivity index (χ2v) is 4.62. The van der Waals surface area contributed by atoms with Gasteiger partial charge in [0.2, 0.25) is 0 Å². The van der Waals surface area contributed by atoms with Crippen LogP contribution in [0.15, 0.2) is 36.7 Å². The number of benzene rings is 1. The van der Waals surface area contributed by atoms with Gasteiger partial charge < -0.3 is 4.90 Å². The van der Waals surface area contributed by atoms with Gasteiger partial charge in [-0.25, -0.2) is 14.6 Å². The quantitative estimate of drug-likeness (QED) is 0.723. The number of aryl methyl sites for hydroxylation is 1. The van der Waals surface area contributed by atoms with E-state index in [2.05, 4.69) is 37.3 Å². The number of hydrogen-bond donors (Lipinski definition) is 0. The summed E-state index contributed by atoms with van der Waals surface area (Å²) in [5, 5.41) is 8.30. The molecule has 0 N–H and O–H groups in total. The lowest BCUT2D eigenvalue weighted by Crippen LogP contribution is -2.18. The molecule has 0 aliphatic rings. The molecule has 0 bridgehead atoms. The molecule has 0 aliphatic heterocycles. The Morgan fingerprint density at radius 3 is 2.70 bits per heavy atom. The molecular formula is C14H16N6. The first-order valence-electron chi connectivity index (χ1n) is 6.59. The van der Waals surface area contributed by atoms with E-state index in [9.17, 15) is 0 Å². The van der Waals surface area contributed by atoms with Crippen LogP contribution in [-0.4, -0.2) is 32.0 Å². The molecule has 0 radical (unpaired) electrons. The van der Waals surface area contributed by atoms with Crippen LogP contribution in [0.4, 0.5) is 5.82 Å². The molecule has 20 heavy (non-hydrogen) atoms. The maximum atomic E-state index is 4.35. The van der Waals surface area contributed by atoms with E-state index in [1.165, 1.54) is 5.56 Å². The lowest BCUT2D eigenvalue weighted by molar-refractivity contribution is 0.641. The first-order valence-corrected chi connectivity index (χ1v) is 6.59. The molecule has 0 saturated heterocycles. The molecule has 0 fully saturated rings. The molecule has 0 saturated carbocycles. The van der Waals surface area contributed by atoms with Gasteiger partial charge in [0.05, 0.1) is 0 Å². The van der Waals surface area contributed by atoms with Crippen molar-refractivity contribution in [2.75, 3.05) is 11.9 Å². The van der Waals surface area contributed by atoms with Crippen molar-refractivity contribution in [3.63, 3.8) is 0 Å². The Kier molecular flexibility index (Phi) is 3.28. The van der Waals surface area contributed by atoms with Crippen LogP contribution in [0.3, 0.4) is 0 Å². The number of aromatic nitrogens is 5. The normalized spacial score (nSPS) is 10.9. The highest BCUT2D eigenvalue weighted by Gasteiger charge is 2.14. The average molecular weight is 268 g/mol. The molecule has 2 aromatic heterocycles. The fourth-order valence-electron chi connectivity index (χ4n) is 2.20. The van der Waals surface area contributed by atoms with E-state index in [1.54, 1.807) is 11.0 Å². The lowest BCUT2D eigenvalue weighted by atomic mass is 10.2. The fraction of sp³-hybridized carbons (Fsp3) is 0.286. The van der Waals surface area contributed by atoms with E-state index in [0.29, 0.717) is 0 Å². The summed E-state index contributed by atoms with van der Waals surface area (Å²) in [5.41, 5.74) is 2.75. The zero-order valence-corrected chi connectivity index (χ0v) is 11.6. The van der Waals surface area contributed by atoms with Gasteiger partial charge in [-0.05, 0) is 12.5 Å². The molecule has 0 unspecified atom stereocenters. The smallest absolute Gasteiger partial charge is 0.183 e. The minimum absolute atomic E-state index is 0.743. The summed E-state index contributed by atoms with van der Waals surface area (Å²) in [6.45, 7) is 3.53. The van der Waals surface area contributed by atoms with Gasteiger partial charge in [0.25, 0.3) is 0 Å². The Hall–Kier alpha value is -2.50. The minimum atomic E-state index is 0.743. The number of anilines is 1. The highest BCUT2D eigenvalue weighted by atomic mass is 15.4. The number of hydrogen-bond acceptors (Lipinski definition) is 5. The second-order valence-electron chi connectivity index (χ2n) is 4.62. The number of fused-ring (bicyclic) bond motifs is 1. The molecule has 1 aromatic carbocycles. The van der Waals surface area contributed by atoms with Crippen molar-refractivity contribution in [3.8, 4) is 0 Å². The maximum Gasteiger partial charge on any atom is 0.183 e. The molecule has 3 aromatic rings. The van der Waals surface area contributed by atoms with E-state index >= 15 is 0 Å². The highest BCUT2D eigenvalue weighted by Crippen LogP contribution is 2.20. The summed E-state index contributed by atoms with van der Waals surface area (Å²) in [5.74, 6) is 0.804. The van der Waals surface area contributed by atoms with E-state index in [0.717, 1.165) is 30.1 Å². The van der Waals surface area contributed by atoms with Gasteiger partial charge in [-0.2, -0.15) is 0 Å². The zero-order valence-electron chi connectivity index (χ0n) is 11.6. The number of nitrogens with zero attached hydrogens (tertiary/aromatic N) is 6. The lowest BCUT2D eigenvalue weighted by Gasteiger charge is -2.17. The maximum absolute atomic E-state index is 4.35. The van der Waals surface area contributed by atoms with Crippen LogP contribution in [0, 0.1) is 0 Å². The third-order valence-corrected chi connectivity index (χ3v) is 3.20. The van der Waals surface area contributed by atoms with Crippen molar-refractivity contribution < 1.29 is 0 Å². The average Bonchev–Trinajstić information content (AvgIpc) is 2.91. The topological polar surface area (TPSA) is 59.7 Å². The first kappa shape index (κ1) is 12.5. The van der Waals surface area contributed by atoms with Gasteiger partial charge in [0.15, 0.2) is 17.0 Å². The van der Waals surface area contributed by atoms with Crippen molar-refractivity contribution in [1.82, 2.24) is 25.0 Å². The molecule has 3 rings (SSSR count). The van der Waals surface area contributed by atoms with Crippen molar-refractivity contribution in [3.05, 3.63) is 42.2 Å². The zero-order chi connectivity index (χ0) is 13.9. The third kappa shape index (κ3) is 2.20. The Morgan fingerprint density at radius 2 is 1.95 bits per heavy atom. The van der Waals surface area contributed by atoms with Gasteiger partial charge in [0.1, 0.15) is 6.33 Å². The van der Waals surface area contributed by atoms with Gasteiger partial charge in [-0.1, -0.05) is 35.5 Å². The molecule has 0 atom stereocenters. The van der Waals surface area contributed by atoms with Crippen molar-refractivity contribution in [2.45, 2.75) is 20.0 Å². The SMILES string of the molecule is CCn1nnc2c(N(C)Cc3ccccc3)ncnc21. The predicted molar refractivity (Wildman–Crippen MR) is 77.3 cm³/mol. The van der Waals surface area contributed by atoms with E-state index in [1.807, 2.05) is 32.2 Å². The minimum Gasteiger partial charge on any atom is -0.353 e. The van der Waals surface area contributed by atoms with Crippen LogP contribution in [0.5, 0.6) is 0 Å². The summed E-state index contributed by atoms with van der Waals surface area (Å²) in [6.07, 6.45) is 1.56. The van der Waals surface area contributed by atoms with Crippen molar-refractivity contribution >= 4 is 17.0 Å². The van der Waals surface area contributed by atoms with Crippen LogP contribution < -0.4 is 4.90 Å². The Labute approximate surface area is 117 Å². The molecule has 0 aliphatic carbocycles. The summed E-state index contributed by atoms with van der Waals surface area (Å²) in [7, 11) is 2.00. The summed E-state index contributed by atoms with van der Waals surface area (Å²) >= 11 is 0. The largest absolute Gasteiger partial charge is 0.353 e. The van der Waals surface area contributed by atoms with Crippen LogP contribution >= 0.6 is 0 Å². The van der Waals surface area contributed by atoms with E-state index < -0.39 is 0 Å². The Balaban J connectivity index is 1.95. The van der Waals surface area contributed by atoms with Gasteiger partial charge in [0, 0.05) is 20.1 Å². The predicted octanol–water partition coefficient (Wildman–Crippen LogP) is 1.88. The first-order chi connectivity index (χ1) is 9.79. The molecule has 102 valence electrons. The van der Waals surface area contributed by atoms with Gasteiger partial charge >= 0.3 is 0 Å². The molecule has 6 nitrogen and oxygen atoms in total. The summed E-state index contributed by atoms with van der Waals surface area (Å²) < 4.78 is 1.77. The molecule has 6 heteroatoms. The summed E-state index contributed by atoms with van der Waals surface area (Å²) in [4.78, 5) is 10.7. The monoisotopic (exact) mass is 268 g/mol. The van der Waals surface area contributed by atoms with E-state index in [4.69, 9.17) is 0 Å². The van der Waals surface area contributed by atoms with Crippen LogP contribution in [0.25, 0.3) is 11.2 Å². The Morgan fingerprint density at radius 1 is 1.15 bits per heavy atom. The van der Waals surface area contributed by atoms with Crippen molar-refractivity contribution in [1.29, 1.82) is 0 Å². The van der Waals surface area contributed by atoms with E-state index in [-0.39, 0.29) is 0 Å². The van der Waals surface area contributed by atoms with Gasteiger partial charge in [-0.15, -0.1) is 5.10 Å². The molecule has 0 amide bonds. The van der Waals surface area contributed by atoms with Crippen LogP contribution in [0.1, 0.15) is 12.5 Å². The van der Waals surface area contributed by atoms with Crippen LogP contribution in [0.2, 0.25) is 0 Å². The van der Waals surface area contributed by atoms with Crippen molar-refractivity contribution in [2.24, 2.45) is 0 Å². The van der Waals surface area contributed by atoms with Gasteiger partial charge in [-0.3, -0.25) is 0 Å². The number of rotatable bonds is 4. The second kappa shape index (κ2) is 5.24. The molecule has 0 spiro atoms. The Bertz CT molecular complexity index is 706. The third-order valence-electron chi connectivity index (χ3n) is 3.20. The highest BCUT2D eigenvalue weighted by molar-refractivity contribution is 5.82. The molecular weight excluding hydrogens is 252 g/mol.